The lowest BCUT2D eigenvalue weighted by molar-refractivity contribution is -0.146. The second kappa shape index (κ2) is 6.20. The SMILES string of the molecule is Cc1ccc(CCc2c(C(=O)O)nnn2C(C)(C)C(=O)O)cc1. The standard InChI is InChI=1S/C16H19N3O4/c1-10-4-6-11(7-5-10)8-9-12-13(14(20)21)17-18-19(12)16(2,3)15(22)23/h4-7H,8-9H2,1-3H3,(H,20,21)(H,22,23). The van der Waals surface area contributed by atoms with Crippen LogP contribution in [-0.2, 0) is 23.2 Å². The molecule has 1 aromatic heterocycles. The van der Waals surface area contributed by atoms with Gasteiger partial charge in [-0.1, -0.05) is 35.0 Å². The number of aliphatic carboxylic acids is 1. The Bertz CT molecular complexity index is 732. The van der Waals surface area contributed by atoms with Crippen molar-refractivity contribution in [1.82, 2.24) is 15.0 Å². The van der Waals surface area contributed by atoms with Crippen LogP contribution < -0.4 is 0 Å². The maximum absolute atomic E-state index is 11.4. The van der Waals surface area contributed by atoms with E-state index >= 15 is 0 Å². The zero-order valence-corrected chi connectivity index (χ0v) is 13.3. The van der Waals surface area contributed by atoms with E-state index in [2.05, 4.69) is 10.3 Å². The lowest BCUT2D eigenvalue weighted by Gasteiger charge is -2.21. The number of rotatable bonds is 6. The Hall–Kier alpha value is -2.70. The Kier molecular flexibility index (Phi) is 4.49. The summed E-state index contributed by atoms with van der Waals surface area (Å²) in [6.45, 7) is 4.91. The van der Waals surface area contributed by atoms with Crippen LogP contribution in [0.3, 0.4) is 0 Å². The van der Waals surface area contributed by atoms with E-state index in [1.807, 2.05) is 31.2 Å². The topological polar surface area (TPSA) is 105 Å². The number of nitrogens with zero attached hydrogens (tertiary/aromatic N) is 3. The number of benzene rings is 1. The van der Waals surface area contributed by atoms with Gasteiger partial charge in [0.1, 0.15) is 0 Å². The predicted octanol–water partition coefficient (Wildman–Crippen LogP) is 1.89. The molecular weight excluding hydrogens is 298 g/mol. The summed E-state index contributed by atoms with van der Waals surface area (Å²) >= 11 is 0. The third-order valence-corrected chi connectivity index (χ3v) is 3.79. The Morgan fingerprint density at radius 1 is 1.13 bits per heavy atom. The minimum absolute atomic E-state index is 0.202. The van der Waals surface area contributed by atoms with Gasteiger partial charge in [-0.25, -0.2) is 14.3 Å². The molecule has 0 aliphatic rings. The molecule has 0 aliphatic carbocycles. The van der Waals surface area contributed by atoms with Gasteiger partial charge in [0.05, 0.1) is 5.69 Å². The molecule has 0 fully saturated rings. The highest BCUT2D eigenvalue weighted by atomic mass is 16.4. The van der Waals surface area contributed by atoms with Crippen LogP contribution in [0, 0.1) is 6.92 Å². The summed E-state index contributed by atoms with van der Waals surface area (Å²) in [7, 11) is 0. The van der Waals surface area contributed by atoms with Crippen molar-refractivity contribution in [3.8, 4) is 0 Å². The van der Waals surface area contributed by atoms with Crippen LogP contribution in [0.2, 0.25) is 0 Å². The number of carboxylic acid groups (broad SMARTS) is 2. The Morgan fingerprint density at radius 2 is 1.74 bits per heavy atom. The summed E-state index contributed by atoms with van der Waals surface area (Å²) in [5.41, 5.74) is 0.909. The molecule has 2 aromatic rings. The molecule has 0 bridgehead atoms. The third kappa shape index (κ3) is 3.39. The van der Waals surface area contributed by atoms with Crippen LogP contribution in [0.15, 0.2) is 24.3 Å². The minimum Gasteiger partial charge on any atom is -0.479 e. The highest BCUT2D eigenvalue weighted by molar-refractivity contribution is 5.86. The molecule has 1 aromatic carbocycles. The van der Waals surface area contributed by atoms with E-state index in [1.54, 1.807) is 0 Å². The van der Waals surface area contributed by atoms with Crippen LogP contribution in [0.25, 0.3) is 0 Å². The van der Waals surface area contributed by atoms with Crippen molar-refractivity contribution in [3.05, 3.63) is 46.8 Å². The quantitative estimate of drug-likeness (QED) is 0.843. The molecule has 0 radical (unpaired) electrons. The fraction of sp³-hybridized carbons (Fsp3) is 0.375. The van der Waals surface area contributed by atoms with Gasteiger partial charge in [-0.2, -0.15) is 0 Å². The molecule has 0 aliphatic heterocycles. The number of hydrogen-bond donors (Lipinski definition) is 2. The summed E-state index contributed by atoms with van der Waals surface area (Å²) in [5.74, 6) is -2.31. The predicted molar refractivity (Wildman–Crippen MR) is 82.5 cm³/mol. The third-order valence-electron chi connectivity index (χ3n) is 3.79. The van der Waals surface area contributed by atoms with Gasteiger partial charge in [0.25, 0.3) is 0 Å². The largest absolute Gasteiger partial charge is 0.479 e. The number of aromatic carboxylic acids is 1. The van der Waals surface area contributed by atoms with E-state index in [0.717, 1.165) is 11.1 Å². The molecule has 23 heavy (non-hydrogen) atoms. The molecule has 1 heterocycles. The average molecular weight is 317 g/mol. The minimum atomic E-state index is -1.37. The average Bonchev–Trinajstić information content (AvgIpc) is 2.91. The van der Waals surface area contributed by atoms with E-state index in [0.29, 0.717) is 18.5 Å². The number of aryl methyl sites for hydroxylation is 2. The fourth-order valence-electron chi connectivity index (χ4n) is 2.25. The lowest BCUT2D eigenvalue weighted by atomic mass is 10.0. The van der Waals surface area contributed by atoms with Crippen molar-refractivity contribution >= 4 is 11.9 Å². The van der Waals surface area contributed by atoms with Gasteiger partial charge in [0, 0.05) is 0 Å². The van der Waals surface area contributed by atoms with Crippen LogP contribution >= 0.6 is 0 Å². The monoisotopic (exact) mass is 317 g/mol. The molecule has 122 valence electrons. The van der Waals surface area contributed by atoms with E-state index in [-0.39, 0.29) is 5.69 Å². The van der Waals surface area contributed by atoms with E-state index < -0.39 is 17.5 Å². The van der Waals surface area contributed by atoms with Crippen molar-refractivity contribution in [3.63, 3.8) is 0 Å². The molecule has 7 nitrogen and oxygen atoms in total. The molecule has 0 atom stereocenters. The number of aromatic nitrogens is 3. The van der Waals surface area contributed by atoms with Crippen molar-refractivity contribution in [2.24, 2.45) is 0 Å². The van der Waals surface area contributed by atoms with Gasteiger partial charge in [-0.05, 0) is 39.2 Å². The van der Waals surface area contributed by atoms with Gasteiger partial charge >= 0.3 is 11.9 Å². The first-order valence-electron chi connectivity index (χ1n) is 7.20. The van der Waals surface area contributed by atoms with Crippen molar-refractivity contribution < 1.29 is 19.8 Å². The van der Waals surface area contributed by atoms with Gasteiger partial charge < -0.3 is 10.2 Å². The summed E-state index contributed by atoms with van der Waals surface area (Å²) in [4.78, 5) is 22.8. The second-order valence-electron chi connectivity index (χ2n) is 5.95. The Balaban J connectivity index is 2.35. The number of carboxylic acids is 2. The first-order chi connectivity index (χ1) is 10.7. The zero-order valence-electron chi connectivity index (χ0n) is 13.3. The Labute approximate surface area is 133 Å². The first-order valence-corrected chi connectivity index (χ1v) is 7.20. The first kappa shape index (κ1) is 16.7. The van der Waals surface area contributed by atoms with Crippen molar-refractivity contribution in [2.45, 2.75) is 39.2 Å². The summed E-state index contributed by atoms with van der Waals surface area (Å²) < 4.78 is 1.19. The molecule has 0 amide bonds. The normalized spacial score (nSPS) is 11.4. The van der Waals surface area contributed by atoms with Crippen molar-refractivity contribution in [1.29, 1.82) is 0 Å². The van der Waals surface area contributed by atoms with Gasteiger partial charge in [0.2, 0.25) is 0 Å². The van der Waals surface area contributed by atoms with Gasteiger partial charge in [0.15, 0.2) is 11.2 Å². The van der Waals surface area contributed by atoms with Gasteiger partial charge in [-0.3, -0.25) is 0 Å². The lowest BCUT2D eigenvalue weighted by Crippen LogP contribution is -2.38. The molecule has 0 unspecified atom stereocenters. The highest BCUT2D eigenvalue weighted by Gasteiger charge is 2.35. The molecule has 0 saturated heterocycles. The molecule has 2 N–H and O–H groups in total. The summed E-state index contributed by atoms with van der Waals surface area (Å²) in [6, 6.07) is 7.88. The number of hydrogen-bond acceptors (Lipinski definition) is 4. The molecular formula is C16H19N3O4. The van der Waals surface area contributed by atoms with Crippen molar-refractivity contribution in [2.75, 3.05) is 0 Å². The molecule has 0 spiro atoms. The Morgan fingerprint density at radius 3 is 2.26 bits per heavy atom. The smallest absolute Gasteiger partial charge is 0.358 e. The summed E-state index contributed by atoms with van der Waals surface area (Å²) in [5, 5.41) is 26.0. The zero-order chi connectivity index (χ0) is 17.2. The summed E-state index contributed by atoms with van der Waals surface area (Å²) in [6.07, 6.45) is 0.915. The van der Waals surface area contributed by atoms with Crippen LogP contribution in [0.4, 0.5) is 0 Å². The van der Waals surface area contributed by atoms with Gasteiger partial charge in [-0.15, -0.1) is 5.10 Å². The maximum atomic E-state index is 11.4. The molecule has 0 saturated carbocycles. The van der Waals surface area contributed by atoms with Crippen LogP contribution in [-0.4, -0.2) is 37.1 Å². The highest BCUT2D eigenvalue weighted by Crippen LogP contribution is 2.20. The second-order valence-corrected chi connectivity index (χ2v) is 5.95. The van der Waals surface area contributed by atoms with Crippen LogP contribution in [0.5, 0.6) is 0 Å². The van der Waals surface area contributed by atoms with E-state index in [4.69, 9.17) is 0 Å². The van der Waals surface area contributed by atoms with E-state index in [9.17, 15) is 19.8 Å². The molecule has 7 heteroatoms. The molecule has 2 rings (SSSR count). The number of carbonyl (C=O) groups is 2. The maximum Gasteiger partial charge on any atom is 0.358 e. The van der Waals surface area contributed by atoms with Crippen LogP contribution in [0.1, 0.15) is 41.2 Å². The van der Waals surface area contributed by atoms with E-state index in [1.165, 1.54) is 18.5 Å². The fourth-order valence-corrected chi connectivity index (χ4v) is 2.25.